The van der Waals surface area contributed by atoms with Gasteiger partial charge in [-0.05, 0) is 14.1 Å². The Kier molecular flexibility index (Phi) is 3.68. The molecule has 88 valence electrons. The van der Waals surface area contributed by atoms with Gasteiger partial charge in [0.05, 0.1) is 5.01 Å². The molecule has 1 atom stereocenters. The molecule has 0 saturated carbocycles. The predicted molar refractivity (Wildman–Crippen MR) is 65.1 cm³/mol. The zero-order valence-corrected chi connectivity index (χ0v) is 10.5. The molecule has 1 aromatic heterocycles. The van der Waals surface area contributed by atoms with E-state index in [1.165, 1.54) is 0 Å². The first-order valence-electron chi connectivity index (χ1n) is 5.47. The molecule has 2 rings (SSSR count). The molecule has 0 aromatic carbocycles. The molecule has 0 spiro atoms. The van der Waals surface area contributed by atoms with Crippen LogP contribution in [-0.4, -0.2) is 60.8 Å². The van der Waals surface area contributed by atoms with Gasteiger partial charge in [0.1, 0.15) is 5.69 Å². The maximum atomic E-state index is 10.6. The van der Waals surface area contributed by atoms with Crippen LogP contribution in [0.1, 0.15) is 15.5 Å². The number of rotatable bonds is 3. The first-order chi connectivity index (χ1) is 7.69. The van der Waals surface area contributed by atoms with Crippen molar-refractivity contribution < 1.29 is 4.79 Å². The predicted octanol–water partition coefficient (Wildman–Crippen LogP) is 0.744. The molecule has 1 aliphatic heterocycles. The zero-order valence-electron chi connectivity index (χ0n) is 9.72. The zero-order chi connectivity index (χ0) is 11.5. The lowest BCUT2D eigenvalue weighted by atomic mass is 10.1. The molecule has 0 bridgehead atoms. The topological polar surface area (TPSA) is 36.4 Å². The van der Waals surface area contributed by atoms with Crippen LogP contribution in [0.25, 0.3) is 0 Å². The minimum absolute atomic E-state index is 0.518. The molecule has 1 saturated heterocycles. The van der Waals surface area contributed by atoms with Crippen molar-refractivity contribution in [2.24, 2.45) is 0 Å². The van der Waals surface area contributed by atoms with Gasteiger partial charge < -0.3 is 9.80 Å². The van der Waals surface area contributed by atoms with Gasteiger partial charge in [-0.2, -0.15) is 0 Å². The van der Waals surface area contributed by atoms with Crippen molar-refractivity contribution in [3.63, 3.8) is 0 Å². The number of aromatic nitrogens is 1. The van der Waals surface area contributed by atoms with Crippen LogP contribution in [0.2, 0.25) is 0 Å². The number of thiazole rings is 1. The number of aldehydes is 1. The Morgan fingerprint density at radius 3 is 3.06 bits per heavy atom. The Labute approximate surface area is 99.9 Å². The highest BCUT2D eigenvalue weighted by Gasteiger charge is 2.23. The van der Waals surface area contributed by atoms with Crippen LogP contribution in [0, 0.1) is 0 Å². The number of carbonyl (C=O) groups excluding carboxylic acids is 1. The standard InChI is InChI=1S/C11H17N3OS/c1-13-3-4-14(2)10(6-13)5-11-12-9(7-15)8-16-11/h7-8,10H,3-6H2,1-2H3. The summed E-state index contributed by atoms with van der Waals surface area (Å²) in [6.07, 6.45) is 1.76. The van der Waals surface area contributed by atoms with E-state index in [0.717, 1.165) is 37.3 Å². The fourth-order valence-electron chi connectivity index (χ4n) is 2.00. The molecule has 1 fully saturated rings. The molecule has 1 aliphatic rings. The normalized spacial score (nSPS) is 23.5. The maximum Gasteiger partial charge on any atom is 0.169 e. The fourth-order valence-corrected chi connectivity index (χ4v) is 2.81. The third-order valence-electron chi connectivity index (χ3n) is 3.08. The first-order valence-corrected chi connectivity index (χ1v) is 6.35. The van der Waals surface area contributed by atoms with Crippen LogP contribution < -0.4 is 0 Å². The Morgan fingerprint density at radius 1 is 1.56 bits per heavy atom. The molecule has 0 aliphatic carbocycles. The molecular weight excluding hydrogens is 222 g/mol. The fraction of sp³-hybridized carbons (Fsp3) is 0.636. The first kappa shape index (κ1) is 11.7. The molecule has 2 heterocycles. The van der Waals surface area contributed by atoms with E-state index in [-0.39, 0.29) is 0 Å². The van der Waals surface area contributed by atoms with Gasteiger partial charge >= 0.3 is 0 Å². The second-order valence-corrected chi connectivity index (χ2v) is 5.33. The molecule has 5 heteroatoms. The van der Waals surface area contributed by atoms with Crippen LogP contribution in [0.4, 0.5) is 0 Å². The number of nitrogens with zero attached hydrogens (tertiary/aromatic N) is 3. The van der Waals surface area contributed by atoms with Crippen LogP contribution in [-0.2, 0) is 6.42 Å². The smallest absolute Gasteiger partial charge is 0.169 e. The number of likely N-dealkylation sites (N-methyl/N-ethyl adjacent to an activating group) is 2. The van der Waals surface area contributed by atoms with Gasteiger partial charge in [-0.1, -0.05) is 0 Å². The average Bonchev–Trinajstić information content (AvgIpc) is 2.71. The summed E-state index contributed by atoms with van der Waals surface area (Å²) >= 11 is 1.58. The van der Waals surface area contributed by atoms with E-state index in [2.05, 4.69) is 28.9 Å². The van der Waals surface area contributed by atoms with Gasteiger partial charge in [0.25, 0.3) is 0 Å². The Bertz CT molecular complexity index is 366. The van der Waals surface area contributed by atoms with Crippen molar-refractivity contribution in [1.29, 1.82) is 0 Å². The van der Waals surface area contributed by atoms with Crippen LogP contribution >= 0.6 is 11.3 Å². The van der Waals surface area contributed by atoms with Gasteiger partial charge in [-0.3, -0.25) is 4.79 Å². The van der Waals surface area contributed by atoms with Crippen LogP contribution in [0.3, 0.4) is 0 Å². The van der Waals surface area contributed by atoms with Crippen LogP contribution in [0.5, 0.6) is 0 Å². The quantitative estimate of drug-likeness (QED) is 0.729. The van der Waals surface area contributed by atoms with E-state index in [9.17, 15) is 4.79 Å². The minimum Gasteiger partial charge on any atom is -0.304 e. The third kappa shape index (κ3) is 2.66. The molecule has 0 amide bonds. The molecule has 1 aromatic rings. The molecular formula is C11H17N3OS. The largest absolute Gasteiger partial charge is 0.304 e. The number of carbonyl (C=O) groups is 1. The summed E-state index contributed by atoms with van der Waals surface area (Å²) in [4.78, 5) is 19.6. The van der Waals surface area contributed by atoms with E-state index in [1.54, 1.807) is 11.3 Å². The van der Waals surface area contributed by atoms with Crippen molar-refractivity contribution in [1.82, 2.24) is 14.8 Å². The van der Waals surface area contributed by atoms with Gasteiger partial charge in [0.2, 0.25) is 0 Å². The summed E-state index contributed by atoms with van der Waals surface area (Å²) in [5, 5.41) is 2.89. The SMILES string of the molecule is CN1CCN(C)C(Cc2nc(C=O)cs2)C1. The summed E-state index contributed by atoms with van der Waals surface area (Å²) in [6, 6.07) is 0.518. The summed E-state index contributed by atoms with van der Waals surface area (Å²) in [7, 11) is 4.31. The van der Waals surface area contributed by atoms with Gasteiger partial charge in [0.15, 0.2) is 6.29 Å². The third-order valence-corrected chi connectivity index (χ3v) is 3.97. The van der Waals surface area contributed by atoms with E-state index < -0.39 is 0 Å². The molecule has 0 N–H and O–H groups in total. The summed E-state index contributed by atoms with van der Waals surface area (Å²) < 4.78 is 0. The highest BCUT2D eigenvalue weighted by molar-refractivity contribution is 7.09. The van der Waals surface area contributed by atoms with Gasteiger partial charge in [0, 0.05) is 37.5 Å². The Hall–Kier alpha value is -0.780. The van der Waals surface area contributed by atoms with E-state index >= 15 is 0 Å². The lowest BCUT2D eigenvalue weighted by molar-refractivity contribution is 0.111. The second-order valence-electron chi connectivity index (χ2n) is 4.38. The van der Waals surface area contributed by atoms with Crippen LogP contribution in [0.15, 0.2) is 5.38 Å². The maximum absolute atomic E-state index is 10.6. The van der Waals surface area contributed by atoms with E-state index in [4.69, 9.17) is 0 Å². The van der Waals surface area contributed by atoms with Gasteiger partial charge in [-0.25, -0.2) is 4.98 Å². The second kappa shape index (κ2) is 5.03. The molecule has 4 nitrogen and oxygen atoms in total. The minimum atomic E-state index is 0.518. The van der Waals surface area contributed by atoms with E-state index in [1.807, 2.05) is 5.38 Å². The van der Waals surface area contributed by atoms with Crippen molar-refractivity contribution in [3.8, 4) is 0 Å². The monoisotopic (exact) mass is 239 g/mol. The van der Waals surface area contributed by atoms with Gasteiger partial charge in [-0.15, -0.1) is 11.3 Å². The average molecular weight is 239 g/mol. The van der Waals surface area contributed by atoms with Crippen molar-refractivity contribution in [2.45, 2.75) is 12.5 Å². The van der Waals surface area contributed by atoms with Crippen molar-refractivity contribution in [2.75, 3.05) is 33.7 Å². The highest BCUT2D eigenvalue weighted by Crippen LogP contribution is 2.15. The number of piperazine rings is 1. The molecule has 16 heavy (non-hydrogen) atoms. The lowest BCUT2D eigenvalue weighted by Crippen LogP contribution is -2.50. The Balaban J connectivity index is 1.99. The van der Waals surface area contributed by atoms with Crippen molar-refractivity contribution >= 4 is 17.6 Å². The Morgan fingerprint density at radius 2 is 2.38 bits per heavy atom. The number of hydrogen-bond acceptors (Lipinski definition) is 5. The summed E-state index contributed by atoms with van der Waals surface area (Å²) in [5.74, 6) is 0. The van der Waals surface area contributed by atoms with Crippen molar-refractivity contribution in [3.05, 3.63) is 16.1 Å². The van der Waals surface area contributed by atoms with E-state index in [0.29, 0.717) is 11.7 Å². The summed E-state index contributed by atoms with van der Waals surface area (Å²) in [5.41, 5.74) is 0.562. The summed E-state index contributed by atoms with van der Waals surface area (Å²) in [6.45, 7) is 3.31. The highest BCUT2D eigenvalue weighted by atomic mass is 32.1. The number of hydrogen-bond donors (Lipinski definition) is 0. The molecule has 1 unspecified atom stereocenters. The molecule has 0 radical (unpaired) electrons. The lowest BCUT2D eigenvalue weighted by Gasteiger charge is -2.37.